The van der Waals surface area contributed by atoms with Gasteiger partial charge in [0.05, 0.1) is 11.4 Å². The second-order valence-electron chi connectivity index (χ2n) is 5.01. The minimum Gasteiger partial charge on any atom is -0.398 e. The molecule has 3 N–H and O–H groups in total. The van der Waals surface area contributed by atoms with Gasteiger partial charge in [-0.05, 0) is 42.8 Å². The van der Waals surface area contributed by atoms with Crippen LogP contribution in [0.5, 0.6) is 0 Å². The van der Waals surface area contributed by atoms with E-state index >= 15 is 0 Å². The molecule has 98 valence electrons. The molecule has 0 aliphatic carbocycles. The molecule has 0 radical (unpaired) electrons. The maximum atomic E-state index is 5.97. The molecular weight excluding hydrogens is 254 g/mol. The summed E-state index contributed by atoms with van der Waals surface area (Å²) < 4.78 is 0. The third kappa shape index (κ3) is 2.12. The molecule has 3 nitrogen and oxygen atoms in total. The quantitative estimate of drug-likeness (QED) is 0.660. The zero-order valence-electron chi connectivity index (χ0n) is 11.3. The van der Waals surface area contributed by atoms with Crippen LogP contribution in [0.4, 0.5) is 22.7 Å². The summed E-state index contributed by atoms with van der Waals surface area (Å²) in [6.07, 6.45) is 0. The van der Waals surface area contributed by atoms with Gasteiger partial charge in [-0.2, -0.15) is 0 Å². The highest BCUT2D eigenvalue weighted by atomic mass is 32.2. The number of benzene rings is 2. The van der Waals surface area contributed by atoms with Gasteiger partial charge in [-0.15, -0.1) is 0 Å². The first-order valence-corrected chi connectivity index (χ1v) is 7.02. The number of nitrogen functional groups attached to an aromatic ring is 1. The zero-order chi connectivity index (χ0) is 13.6. The Morgan fingerprint density at radius 1 is 1.05 bits per heavy atom. The molecule has 0 fully saturated rings. The Labute approximate surface area is 117 Å². The fraction of sp³-hybridized carbons (Fsp3) is 0.200. The van der Waals surface area contributed by atoms with Crippen molar-refractivity contribution in [2.24, 2.45) is 0 Å². The van der Waals surface area contributed by atoms with E-state index in [9.17, 15) is 0 Å². The van der Waals surface area contributed by atoms with Crippen molar-refractivity contribution in [2.45, 2.75) is 16.7 Å². The molecule has 1 aliphatic rings. The van der Waals surface area contributed by atoms with E-state index in [-0.39, 0.29) is 0 Å². The van der Waals surface area contributed by atoms with E-state index in [1.807, 2.05) is 13.0 Å². The third-order valence-electron chi connectivity index (χ3n) is 3.34. The van der Waals surface area contributed by atoms with Crippen molar-refractivity contribution in [1.82, 2.24) is 0 Å². The summed E-state index contributed by atoms with van der Waals surface area (Å²) in [5, 5.41) is 3.46. The van der Waals surface area contributed by atoms with E-state index in [1.165, 1.54) is 15.5 Å². The molecule has 0 saturated carbocycles. The minimum atomic E-state index is 0.834. The van der Waals surface area contributed by atoms with E-state index in [2.05, 4.69) is 48.6 Å². The maximum absolute atomic E-state index is 5.97. The lowest BCUT2D eigenvalue weighted by molar-refractivity contribution is 1.12. The second-order valence-corrected chi connectivity index (χ2v) is 6.09. The molecule has 2 aromatic carbocycles. The van der Waals surface area contributed by atoms with Crippen LogP contribution >= 0.6 is 11.8 Å². The van der Waals surface area contributed by atoms with Gasteiger partial charge >= 0.3 is 0 Å². The Morgan fingerprint density at radius 2 is 1.79 bits per heavy atom. The highest BCUT2D eigenvalue weighted by Crippen LogP contribution is 2.46. The van der Waals surface area contributed by atoms with Crippen LogP contribution in [0, 0.1) is 6.92 Å². The first-order chi connectivity index (χ1) is 9.04. The summed E-state index contributed by atoms with van der Waals surface area (Å²) in [5.74, 6) is 0. The third-order valence-corrected chi connectivity index (χ3v) is 4.45. The number of anilines is 4. The van der Waals surface area contributed by atoms with Crippen molar-refractivity contribution in [3.8, 4) is 0 Å². The topological polar surface area (TPSA) is 41.3 Å². The van der Waals surface area contributed by atoms with Gasteiger partial charge in [-0.25, -0.2) is 0 Å². The molecule has 3 rings (SSSR count). The van der Waals surface area contributed by atoms with E-state index in [0.29, 0.717) is 0 Å². The van der Waals surface area contributed by atoms with Gasteiger partial charge in [0, 0.05) is 35.3 Å². The molecule has 4 heteroatoms. The van der Waals surface area contributed by atoms with Crippen LogP contribution in [0.3, 0.4) is 0 Å². The number of nitrogens with two attached hydrogens (primary N) is 1. The monoisotopic (exact) mass is 271 g/mol. The SMILES string of the molecule is Cc1cc2c(cc1N)Nc1ccc(N(C)C)cc1S2. The van der Waals surface area contributed by atoms with E-state index < -0.39 is 0 Å². The summed E-state index contributed by atoms with van der Waals surface area (Å²) >= 11 is 1.79. The fourth-order valence-electron chi connectivity index (χ4n) is 2.12. The number of nitrogens with zero attached hydrogens (tertiary/aromatic N) is 1. The lowest BCUT2D eigenvalue weighted by Gasteiger charge is -2.23. The van der Waals surface area contributed by atoms with Gasteiger partial charge in [0.2, 0.25) is 0 Å². The molecule has 2 aromatic rings. The van der Waals surface area contributed by atoms with Crippen LogP contribution in [0.15, 0.2) is 40.1 Å². The molecule has 19 heavy (non-hydrogen) atoms. The van der Waals surface area contributed by atoms with Crippen LogP contribution in [-0.4, -0.2) is 14.1 Å². The highest BCUT2D eigenvalue weighted by molar-refractivity contribution is 7.99. The van der Waals surface area contributed by atoms with Gasteiger partial charge < -0.3 is 16.0 Å². The molecule has 0 bridgehead atoms. The first kappa shape index (κ1) is 12.2. The maximum Gasteiger partial charge on any atom is 0.0547 e. The van der Waals surface area contributed by atoms with Crippen molar-refractivity contribution in [3.63, 3.8) is 0 Å². The normalized spacial score (nSPS) is 12.4. The number of hydrogen-bond acceptors (Lipinski definition) is 4. The van der Waals surface area contributed by atoms with Gasteiger partial charge in [0.15, 0.2) is 0 Å². The van der Waals surface area contributed by atoms with Gasteiger partial charge in [-0.3, -0.25) is 0 Å². The Morgan fingerprint density at radius 3 is 2.53 bits per heavy atom. The fourth-order valence-corrected chi connectivity index (χ4v) is 3.22. The molecule has 0 amide bonds. The Bertz CT molecular complexity index is 650. The molecule has 0 saturated heterocycles. The predicted molar refractivity (Wildman–Crippen MR) is 83.8 cm³/mol. The number of aryl methyl sites for hydroxylation is 1. The van der Waals surface area contributed by atoms with E-state index in [1.54, 1.807) is 11.8 Å². The second kappa shape index (κ2) is 4.38. The van der Waals surface area contributed by atoms with Gasteiger partial charge in [0.25, 0.3) is 0 Å². The number of nitrogens with one attached hydrogen (secondary N) is 1. The summed E-state index contributed by atoms with van der Waals surface area (Å²) in [6.45, 7) is 2.04. The lowest BCUT2D eigenvalue weighted by atomic mass is 10.1. The van der Waals surface area contributed by atoms with Crippen LogP contribution in [0.1, 0.15) is 5.56 Å². The zero-order valence-corrected chi connectivity index (χ0v) is 12.1. The standard InChI is InChI=1S/C15H17N3S/c1-9-6-14-13(8-11(9)16)17-12-5-4-10(18(2)3)7-15(12)19-14/h4-8,17H,16H2,1-3H3. The van der Waals surface area contributed by atoms with Crippen LogP contribution in [0.25, 0.3) is 0 Å². The molecule has 0 unspecified atom stereocenters. The average Bonchev–Trinajstić information content (AvgIpc) is 2.37. The van der Waals surface area contributed by atoms with Crippen molar-refractivity contribution in [3.05, 3.63) is 35.9 Å². The van der Waals surface area contributed by atoms with Gasteiger partial charge in [0.1, 0.15) is 0 Å². The van der Waals surface area contributed by atoms with Crippen molar-refractivity contribution in [1.29, 1.82) is 0 Å². The largest absolute Gasteiger partial charge is 0.398 e. The van der Waals surface area contributed by atoms with Crippen LogP contribution < -0.4 is 16.0 Å². The minimum absolute atomic E-state index is 0.834. The molecule has 1 aliphatic heterocycles. The summed E-state index contributed by atoms with van der Waals surface area (Å²) in [7, 11) is 4.11. The Kier molecular flexibility index (Phi) is 2.82. The van der Waals surface area contributed by atoms with E-state index in [4.69, 9.17) is 5.73 Å². The molecule has 0 aromatic heterocycles. The Hall–Kier alpha value is -1.81. The van der Waals surface area contributed by atoms with Crippen molar-refractivity contribution >= 4 is 34.5 Å². The highest BCUT2D eigenvalue weighted by Gasteiger charge is 2.17. The Balaban J connectivity index is 2.04. The van der Waals surface area contributed by atoms with Crippen molar-refractivity contribution in [2.75, 3.05) is 30.0 Å². The van der Waals surface area contributed by atoms with Gasteiger partial charge in [-0.1, -0.05) is 11.8 Å². The summed E-state index contributed by atoms with van der Waals surface area (Å²) in [4.78, 5) is 4.60. The number of rotatable bonds is 1. The number of hydrogen-bond donors (Lipinski definition) is 2. The van der Waals surface area contributed by atoms with E-state index in [0.717, 1.165) is 22.6 Å². The van der Waals surface area contributed by atoms with Crippen LogP contribution in [-0.2, 0) is 0 Å². The van der Waals surface area contributed by atoms with Crippen LogP contribution in [0.2, 0.25) is 0 Å². The summed E-state index contributed by atoms with van der Waals surface area (Å²) in [6, 6.07) is 10.6. The number of fused-ring (bicyclic) bond motifs is 2. The predicted octanol–water partition coefficient (Wildman–Crippen LogP) is 3.85. The molecule has 0 atom stereocenters. The molecular formula is C15H17N3S. The molecule has 0 spiro atoms. The van der Waals surface area contributed by atoms with Crippen molar-refractivity contribution < 1.29 is 0 Å². The average molecular weight is 271 g/mol. The first-order valence-electron chi connectivity index (χ1n) is 6.21. The summed E-state index contributed by atoms with van der Waals surface area (Å²) in [5.41, 5.74) is 11.4. The lowest BCUT2D eigenvalue weighted by Crippen LogP contribution is -2.09. The molecule has 1 heterocycles. The smallest absolute Gasteiger partial charge is 0.0547 e.